The predicted octanol–water partition coefficient (Wildman–Crippen LogP) is 3.79. The smallest absolute Gasteiger partial charge is 0.185 e. The maximum atomic E-state index is 12.5. The van der Waals surface area contributed by atoms with Crippen LogP contribution in [0.5, 0.6) is 5.75 Å². The number of thiophene rings is 1. The number of hydrogen-bond acceptors (Lipinski definition) is 5. The summed E-state index contributed by atoms with van der Waals surface area (Å²) in [5.74, 6) is 0.831. The Hall–Kier alpha value is -1.95. The molecular weight excluding hydrogens is 334 g/mol. The lowest BCUT2D eigenvalue weighted by atomic mass is 10.0. The average Bonchev–Trinajstić information content (AvgIpc) is 3.06. The van der Waals surface area contributed by atoms with Gasteiger partial charge < -0.3 is 9.47 Å². The number of carbonyl (C=O) groups is 1. The molecule has 2 heterocycles. The minimum atomic E-state index is 0.0110. The molecule has 0 unspecified atom stereocenters. The topological polar surface area (TPSA) is 38.8 Å². The molecule has 0 amide bonds. The Morgan fingerprint density at radius 2 is 2.08 bits per heavy atom. The van der Waals surface area contributed by atoms with Gasteiger partial charge in [0.2, 0.25) is 0 Å². The first-order valence-corrected chi connectivity index (χ1v) is 9.23. The number of ketones is 1. The molecule has 2 aromatic rings. The van der Waals surface area contributed by atoms with Crippen LogP contribution in [0, 0.1) is 6.92 Å². The monoisotopic (exact) mass is 357 g/mol. The zero-order valence-corrected chi connectivity index (χ0v) is 15.5. The van der Waals surface area contributed by atoms with Gasteiger partial charge in [-0.25, -0.2) is 0 Å². The van der Waals surface area contributed by atoms with E-state index in [-0.39, 0.29) is 5.78 Å². The van der Waals surface area contributed by atoms with Crippen molar-refractivity contribution in [3.8, 4) is 5.75 Å². The zero-order chi connectivity index (χ0) is 17.6. The van der Waals surface area contributed by atoms with E-state index in [4.69, 9.17) is 9.47 Å². The third kappa shape index (κ3) is 4.78. The summed E-state index contributed by atoms with van der Waals surface area (Å²) in [4.78, 5) is 17.2. The van der Waals surface area contributed by atoms with Gasteiger partial charge in [-0.3, -0.25) is 9.69 Å². The lowest BCUT2D eigenvalue weighted by Crippen LogP contribution is -2.35. The highest BCUT2D eigenvalue weighted by Gasteiger charge is 2.15. The Bertz CT molecular complexity index is 760. The number of allylic oxidation sites excluding steroid dienone is 1. The standard InChI is InChI=1S/C20H23NO3S/c1-15-3-5-18(25-15)6-7-19(22)16-4-8-20(23-2)17(13-16)14-21-9-11-24-12-10-21/h3-8,13H,9-12,14H2,1-2H3/b7-6+. The molecule has 1 aromatic heterocycles. The lowest BCUT2D eigenvalue weighted by Gasteiger charge is -2.27. The summed E-state index contributed by atoms with van der Waals surface area (Å²) in [5, 5.41) is 0. The van der Waals surface area contributed by atoms with Crippen molar-refractivity contribution in [3.63, 3.8) is 0 Å². The summed E-state index contributed by atoms with van der Waals surface area (Å²) >= 11 is 1.68. The summed E-state index contributed by atoms with van der Waals surface area (Å²) in [6.07, 6.45) is 3.53. The van der Waals surface area contributed by atoms with Gasteiger partial charge in [-0.1, -0.05) is 0 Å². The Kier molecular flexibility index (Phi) is 6.02. The van der Waals surface area contributed by atoms with Gasteiger partial charge in [-0.15, -0.1) is 11.3 Å². The van der Waals surface area contributed by atoms with Crippen molar-refractivity contribution < 1.29 is 14.3 Å². The van der Waals surface area contributed by atoms with Crippen LogP contribution >= 0.6 is 11.3 Å². The number of benzene rings is 1. The molecule has 1 fully saturated rings. The van der Waals surface area contributed by atoms with Crippen molar-refractivity contribution >= 4 is 23.2 Å². The van der Waals surface area contributed by atoms with Crippen LogP contribution in [-0.4, -0.2) is 44.1 Å². The molecule has 0 aliphatic carbocycles. The molecule has 0 bridgehead atoms. The second-order valence-electron chi connectivity index (χ2n) is 6.06. The van der Waals surface area contributed by atoms with E-state index in [1.54, 1.807) is 24.5 Å². The average molecular weight is 357 g/mol. The quantitative estimate of drug-likeness (QED) is 0.582. The minimum Gasteiger partial charge on any atom is -0.496 e. The third-order valence-electron chi connectivity index (χ3n) is 4.22. The fraction of sp³-hybridized carbons (Fsp3) is 0.350. The van der Waals surface area contributed by atoms with E-state index >= 15 is 0 Å². The molecule has 3 rings (SSSR count). The normalized spacial score (nSPS) is 15.6. The zero-order valence-electron chi connectivity index (χ0n) is 14.7. The SMILES string of the molecule is COc1ccc(C(=O)/C=C/c2ccc(C)s2)cc1CN1CCOCC1. The van der Waals surface area contributed by atoms with Crippen LogP contribution < -0.4 is 4.74 Å². The number of nitrogens with zero attached hydrogens (tertiary/aromatic N) is 1. The molecule has 25 heavy (non-hydrogen) atoms. The van der Waals surface area contributed by atoms with Crippen molar-refractivity contribution in [2.24, 2.45) is 0 Å². The largest absolute Gasteiger partial charge is 0.496 e. The first-order chi connectivity index (χ1) is 12.2. The van der Waals surface area contributed by atoms with E-state index in [1.165, 1.54) is 4.88 Å². The fourth-order valence-electron chi connectivity index (χ4n) is 2.85. The number of rotatable bonds is 6. The van der Waals surface area contributed by atoms with Gasteiger partial charge in [0.05, 0.1) is 20.3 Å². The first kappa shape index (κ1) is 17.9. The molecule has 1 aliphatic rings. The molecule has 0 atom stereocenters. The van der Waals surface area contributed by atoms with Gasteiger partial charge in [0, 0.05) is 40.5 Å². The van der Waals surface area contributed by atoms with Gasteiger partial charge in [-0.2, -0.15) is 0 Å². The highest BCUT2D eigenvalue weighted by Crippen LogP contribution is 2.23. The van der Waals surface area contributed by atoms with Gasteiger partial charge in [0.1, 0.15) is 5.75 Å². The number of morpholine rings is 1. The minimum absolute atomic E-state index is 0.0110. The van der Waals surface area contributed by atoms with Crippen molar-refractivity contribution in [1.82, 2.24) is 4.90 Å². The number of methoxy groups -OCH3 is 1. The van der Waals surface area contributed by atoms with Crippen LogP contribution in [0.3, 0.4) is 0 Å². The molecule has 4 nitrogen and oxygen atoms in total. The van der Waals surface area contributed by atoms with Crippen LogP contribution in [-0.2, 0) is 11.3 Å². The molecule has 0 N–H and O–H groups in total. The van der Waals surface area contributed by atoms with E-state index in [2.05, 4.69) is 17.9 Å². The van der Waals surface area contributed by atoms with Crippen LogP contribution in [0.2, 0.25) is 0 Å². The Labute approximate surface area is 152 Å². The third-order valence-corrected chi connectivity index (χ3v) is 5.19. The van der Waals surface area contributed by atoms with E-state index in [0.29, 0.717) is 5.56 Å². The van der Waals surface area contributed by atoms with E-state index in [1.807, 2.05) is 30.3 Å². The van der Waals surface area contributed by atoms with E-state index in [9.17, 15) is 4.79 Å². The van der Waals surface area contributed by atoms with Gasteiger partial charge in [0.25, 0.3) is 0 Å². The molecule has 0 saturated carbocycles. The second-order valence-corrected chi connectivity index (χ2v) is 7.38. The van der Waals surface area contributed by atoms with Crippen LogP contribution in [0.1, 0.15) is 25.7 Å². The van der Waals surface area contributed by atoms with Gasteiger partial charge in [-0.05, 0) is 49.4 Å². The summed E-state index contributed by atoms with van der Waals surface area (Å²) in [5.41, 5.74) is 1.73. The van der Waals surface area contributed by atoms with Crippen molar-refractivity contribution in [3.05, 3.63) is 57.3 Å². The Morgan fingerprint density at radius 3 is 2.76 bits per heavy atom. The van der Waals surface area contributed by atoms with Crippen molar-refractivity contribution in [1.29, 1.82) is 0 Å². The second kappa shape index (κ2) is 8.43. The lowest BCUT2D eigenvalue weighted by molar-refractivity contribution is 0.0338. The number of carbonyl (C=O) groups excluding carboxylic acids is 1. The first-order valence-electron chi connectivity index (χ1n) is 8.41. The molecule has 0 spiro atoms. The molecule has 1 saturated heterocycles. The predicted molar refractivity (Wildman–Crippen MR) is 102 cm³/mol. The maximum Gasteiger partial charge on any atom is 0.185 e. The van der Waals surface area contributed by atoms with Gasteiger partial charge >= 0.3 is 0 Å². The van der Waals surface area contributed by atoms with Gasteiger partial charge in [0.15, 0.2) is 5.78 Å². The maximum absolute atomic E-state index is 12.5. The summed E-state index contributed by atoms with van der Waals surface area (Å²) in [7, 11) is 1.67. The van der Waals surface area contributed by atoms with Crippen LogP contribution in [0.4, 0.5) is 0 Å². The highest BCUT2D eigenvalue weighted by atomic mass is 32.1. The molecular formula is C20H23NO3S. The molecule has 5 heteroatoms. The Morgan fingerprint density at radius 1 is 1.28 bits per heavy atom. The van der Waals surface area contributed by atoms with E-state index in [0.717, 1.165) is 49.0 Å². The molecule has 0 radical (unpaired) electrons. The summed E-state index contributed by atoms with van der Waals surface area (Å²) in [6, 6.07) is 9.74. The van der Waals surface area contributed by atoms with Crippen LogP contribution in [0.15, 0.2) is 36.4 Å². The number of ether oxygens (including phenoxy) is 2. The fourth-order valence-corrected chi connectivity index (χ4v) is 3.63. The van der Waals surface area contributed by atoms with E-state index < -0.39 is 0 Å². The van der Waals surface area contributed by atoms with Crippen molar-refractivity contribution in [2.45, 2.75) is 13.5 Å². The number of aryl methyl sites for hydroxylation is 1. The summed E-state index contributed by atoms with van der Waals surface area (Å²) in [6.45, 7) is 6.14. The Balaban J connectivity index is 1.75. The molecule has 1 aliphatic heterocycles. The molecule has 1 aromatic carbocycles. The van der Waals surface area contributed by atoms with Crippen molar-refractivity contribution in [2.75, 3.05) is 33.4 Å². The number of hydrogen-bond donors (Lipinski definition) is 0. The molecule has 132 valence electrons. The summed E-state index contributed by atoms with van der Waals surface area (Å²) < 4.78 is 10.9. The highest BCUT2D eigenvalue weighted by molar-refractivity contribution is 7.12. The van der Waals surface area contributed by atoms with Crippen LogP contribution in [0.25, 0.3) is 6.08 Å².